The van der Waals surface area contributed by atoms with E-state index in [0.29, 0.717) is 5.56 Å². The number of nitrogens with zero attached hydrogens (tertiary/aromatic N) is 1. The Morgan fingerprint density at radius 2 is 1.94 bits per heavy atom. The molecule has 0 aliphatic rings. The highest BCUT2D eigenvalue weighted by Crippen LogP contribution is 2.29. The number of halogens is 4. The summed E-state index contributed by atoms with van der Waals surface area (Å²) in [5.74, 6) is -0.702. The molecule has 0 radical (unpaired) electrons. The maximum Gasteiger partial charge on any atom is 0.405 e. The molecule has 0 saturated carbocycles. The minimum absolute atomic E-state index is 0.0974. The molecule has 0 aromatic heterocycles. The molecular weight excluding hydrogens is 236 g/mol. The van der Waals surface area contributed by atoms with Crippen molar-refractivity contribution in [3.63, 3.8) is 0 Å². The maximum atomic E-state index is 13.6. The highest BCUT2D eigenvalue weighted by molar-refractivity contribution is 5.55. The Kier molecular flexibility index (Phi) is 3.98. The minimum Gasteiger partial charge on any atom is -0.363 e. The Labute approximate surface area is 97.0 Å². The fraction of sp³-hybridized carbons (Fsp3) is 0.455. The van der Waals surface area contributed by atoms with E-state index in [-0.39, 0.29) is 5.69 Å². The zero-order chi connectivity index (χ0) is 13.2. The van der Waals surface area contributed by atoms with Crippen LogP contribution in [0.3, 0.4) is 0 Å². The number of hydrogen-bond acceptors (Lipinski definition) is 2. The van der Waals surface area contributed by atoms with Crippen LogP contribution in [0.25, 0.3) is 0 Å². The molecule has 0 saturated heterocycles. The van der Waals surface area contributed by atoms with Crippen molar-refractivity contribution in [2.75, 3.05) is 18.5 Å². The Balaban J connectivity index is 3.11. The van der Waals surface area contributed by atoms with Gasteiger partial charge in [-0.15, -0.1) is 0 Å². The van der Waals surface area contributed by atoms with Crippen LogP contribution < -0.4 is 10.6 Å². The summed E-state index contributed by atoms with van der Waals surface area (Å²) in [5.41, 5.74) is 5.87. The van der Waals surface area contributed by atoms with Crippen molar-refractivity contribution in [1.29, 1.82) is 0 Å². The molecule has 0 spiro atoms. The van der Waals surface area contributed by atoms with Gasteiger partial charge in [0.25, 0.3) is 0 Å². The third kappa shape index (κ3) is 3.59. The summed E-state index contributed by atoms with van der Waals surface area (Å²) >= 11 is 0. The molecule has 96 valence electrons. The molecule has 1 rings (SSSR count). The lowest BCUT2D eigenvalue weighted by atomic mass is 10.1. The fourth-order valence-electron chi connectivity index (χ4n) is 1.65. The van der Waals surface area contributed by atoms with Crippen LogP contribution in [0.2, 0.25) is 0 Å². The summed E-state index contributed by atoms with van der Waals surface area (Å²) in [4.78, 5) is 0.827. The molecule has 2 nitrogen and oxygen atoms in total. The molecule has 0 aliphatic heterocycles. The van der Waals surface area contributed by atoms with E-state index in [9.17, 15) is 17.6 Å². The second-order valence-corrected chi connectivity index (χ2v) is 3.94. The van der Waals surface area contributed by atoms with Crippen LogP contribution in [0.5, 0.6) is 0 Å². The van der Waals surface area contributed by atoms with Gasteiger partial charge in [0.2, 0.25) is 0 Å². The van der Waals surface area contributed by atoms with Gasteiger partial charge < -0.3 is 10.6 Å². The number of anilines is 1. The van der Waals surface area contributed by atoms with E-state index < -0.39 is 24.6 Å². The lowest BCUT2D eigenvalue weighted by Gasteiger charge is -2.25. The first kappa shape index (κ1) is 13.8. The molecule has 1 atom stereocenters. The lowest BCUT2D eigenvalue weighted by molar-refractivity contribution is -0.119. The molecule has 1 aromatic carbocycles. The van der Waals surface area contributed by atoms with Crippen molar-refractivity contribution in [2.24, 2.45) is 5.73 Å². The maximum absolute atomic E-state index is 13.6. The monoisotopic (exact) mass is 250 g/mol. The van der Waals surface area contributed by atoms with E-state index in [1.807, 2.05) is 0 Å². The van der Waals surface area contributed by atoms with E-state index in [4.69, 9.17) is 5.73 Å². The highest BCUT2D eigenvalue weighted by Gasteiger charge is 2.31. The average molecular weight is 250 g/mol. The van der Waals surface area contributed by atoms with Gasteiger partial charge in [0, 0.05) is 13.1 Å². The van der Waals surface area contributed by atoms with Crippen LogP contribution in [-0.4, -0.2) is 19.8 Å². The second kappa shape index (κ2) is 4.91. The summed E-state index contributed by atoms with van der Waals surface area (Å²) in [6, 6.07) is 3.54. The van der Waals surface area contributed by atoms with E-state index >= 15 is 0 Å². The van der Waals surface area contributed by atoms with Gasteiger partial charge in [-0.1, -0.05) is 12.1 Å². The van der Waals surface area contributed by atoms with Crippen molar-refractivity contribution in [3.8, 4) is 0 Å². The van der Waals surface area contributed by atoms with Gasteiger partial charge in [0.05, 0.1) is 5.69 Å². The number of benzene rings is 1. The Bertz CT molecular complexity index is 388. The minimum atomic E-state index is -4.38. The first-order valence-electron chi connectivity index (χ1n) is 5.04. The molecule has 1 aromatic rings. The Morgan fingerprint density at radius 1 is 1.35 bits per heavy atom. The van der Waals surface area contributed by atoms with Gasteiger partial charge in [-0.2, -0.15) is 13.2 Å². The first-order valence-corrected chi connectivity index (χ1v) is 5.04. The van der Waals surface area contributed by atoms with Crippen molar-refractivity contribution in [2.45, 2.75) is 19.1 Å². The predicted molar refractivity (Wildman–Crippen MR) is 58.3 cm³/mol. The SMILES string of the molecule is C[C@H](N)c1cccc(F)c1N(C)CC(F)(F)F. The van der Waals surface area contributed by atoms with Crippen LogP contribution in [0.15, 0.2) is 18.2 Å². The van der Waals surface area contributed by atoms with Gasteiger partial charge in [-0.3, -0.25) is 0 Å². The summed E-state index contributed by atoms with van der Waals surface area (Å²) in [7, 11) is 1.19. The van der Waals surface area contributed by atoms with Gasteiger partial charge in [0.15, 0.2) is 0 Å². The number of nitrogens with two attached hydrogens (primary N) is 1. The van der Waals surface area contributed by atoms with Gasteiger partial charge in [-0.25, -0.2) is 4.39 Å². The molecular formula is C11H14F4N2. The molecule has 17 heavy (non-hydrogen) atoms. The summed E-state index contributed by atoms with van der Waals surface area (Å²) in [6.45, 7) is 0.382. The fourth-order valence-corrected chi connectivity index (χ4v) is 1.65. The molecule has 0 aliphatic carbocycles. The standard InChI is InChI=1S/C11H14F4N2/c1-7(16)8-4-3-5-9(12)10(8)17(2)6-11(13,14)15/h3-5,7H,6,16H2,1-2H3/t7-/m0/s1. The summed E-state index contributed by atoms with van der Waals surface area (Å²) in [5, 5.41) is 0. The summed E-state index contributed by atoms with van der Waals surface area (Å²) < 4.78 is 50.4. The third-order valence-electron chi connectivity index (χ3n) is 2.31. The zero-order valence-corrected chi connectivity index (χ0v) is 9.55. The van der Waals surface area contributed by atoms with Crippen LogP contribution >= 0.6 is 0 Å². The summed E-state index contributed by atoms with van der Waals surface area (Å²) in [6.07, 6.45) is -4.38. The Morgan fingerprint density at radius 3 is 2.41 bits per heavy atom. The normalized spacial score (nSPS) is 13.6. The van der Waals surface area contributed by atoms with Gasteiger partial charge in [0.1, 0.15) is 12.4 Å². The molecule has 2 N–H and O–H groups in total. The molecule has 0 heterocycles. The molecule has 0 fully saturated rings. The zero-order valence-electron chi connectivity index (χ0n) is 9.55. The largest absolute Gasteiger partial charge is 0.405 e. The number of rotatable bonds is 3. The number of hydrogen-bond donors (Lipinski definition) is 1. The molecule has 6 heteroatoms. The number of alkyl halides is 3. The topological polar surface area (TPSA) is 29.3 Å². The average Bonchev–Trinajstić information content (AvgIpc) is 2.13. The molecule has 0 amide bonds. The van der Waals surface area contributed by atoms with Crippen molar-refractivity contribution in [1.82, 2.24) is 0 Å². The first-order chi connectivity index (χ1) is 7.72. The van der Waals surface area contributed by atoms with Gasteiger partial charge in [-0.05, 0) is 18.6 Å². The van der Waals surface area contributed by atoms with Crippen molar-refractivity contribution < 1.29 is 17.6 Å². The van der Waals surface area contributed by atoms with Crippen LogP contribution in [0.4, 0.5) is 23.2 Å². The van der Waals surface area contributed by atoms with E-state index in [2.05, 4.69) is 0 Å². The van der Waals surface area contributed by atoms with Crippen molar-refractivity contribution >= 4 is 5.69 Å². The van der Waals surface area contributed by atoms with Gasteiger partial charge >= 0.3 is 6.18 Å². The van der Waals surface area contributed by atoms with Crippen LogP contribution in [0, 0.1) is 5.82 Å². The lowest BCUT2D eigenvalue weighted by Crippen LogP contribution is -2.32. The van der Waals surface area contributed by atoms with E-state index in [0.717, 1.165) is 11.0 Å². The van der Waals surface area contributed by atoms with E-state index in [1.165, 1.54) is 19.2 Å². The quantitative estimate of drug-likeness (QED) is 0.836. The highest BCUT2D eigenvalue weighted by atomic mass is 19.4. The molecule has 0 unspecified atom stereocenters. The Hall–Kier alpha value is -1.30. The third-order valence-corrected chi connectivity index (χ3v) is 2.31. The predicted octanol–water partition coefficient (Wildman–Crippen LogP) is 2.84. The van der Waals surface area contributed by atoms with Crippen molar-refractivity contribution in [3.05, 3.63) is 29.6 Å². The number of para-hydroxylation sites is 1. The van der Waals surface area contributed by atoms with Crippen LogP contribution in [-0.2, 0) is 0 Å². The second-order valence-electron chi connectivity index (χ2n) is 3.94. The molecule has 0 bridgehead atoms. The van der Waals surface area contributed by atoms with E-state index in [1.54, 1.807) is 6.92 Å². The smallest absolute Gasteiger partial charge is 0.363 e. The van der Waals surface area contributed by atoms with Crippen LogP contribution in [0.1, 0.15) is 18.5 Å².